The van der Waals surface area contributed by atoms with Gasteiger partial charge in [0.2, 0.25) is 11.8 Å². The number of fused-ring (bicyclic) bond motifs is 1. The lowest BCUT2D eigenvalue weighted by molar-refractivity contribution is -0.137. The molecule has 0 bridgehead atoms. The molecule has 0 saturated carbocycles. The number of anilines is 2. The first kappa shape index (κ1) is 18.3. The quantitative estimate of drug-likeness (QED) is 0.858. The lowest BCUT2D eigenvalue weighted by atomic mass is 9.83. The van der Waals surface area contributed by atoms with Gasteiger partial charge in [-0.3, -0.25) is 9.59 Å². The minimum absolute atomic E-state index is 0.0927. The number of hydrogen-bond acceptors (Lipinski definition) is 4. The summed E-state index contributed by atoms with van der Waals surface area (Å²) in [5.74, 6) is 0.920. The van der Waals surface area contributed by atoms with Crippen LogP contribution < -0.4 is 10.6 Å². The molecule has 2 saturated heterocycles. The van der Waals surface area contributed by atoms with Gasteiger partial charge < -0.3 is 20.4 Å². The molecule has 0 aromatic heterocycles. The van der Waals surface area contributed by atoms with Crippen LogP contribution >= 0.6 is 0 Å². The van der Waals surface area contributed by atoms with E-state index in [1.807, 2.05) is 29.2 Å². The van der Waals surface area contributed by atoms with E-state index in [0.29, 0.717) is 18.2 Å². The van der Waals surface area contributed by atoms with E-state index in [9.17, 15) is 9.59 Å². The summed E-state index contributed by atoms with van der Waals surface area (Å²) in [5.41, 5.74) is 1.40. The van der Waals surface area contributed by atoms with Crippen molar-refractivity contribution in [3.8, 4) is 0 Å². The predicted molar refractivity (Wildman–Crippen MR) is 107 cm³/mol. The summed E-state index contributed by atoms with van der Waals surface area (Å²) in [6, 6.07) is 8.18. The molecule has 1 aromatic carbocycles. The van der Waals surface area contributed by atoms with Gasteiger partial charge >= 0.3 is 0 Å². The van der Waals surface area contributed by atoms with Gasteiger partial charge in [-0.1, -0.05) is 12.1 Å². The van der Waals surface area contributed by atoms with Crippen LogP contribution in [0.4, 0.5) is 11.4 Å². The summed E-state index contributed by atoms with van der Waals surface area (Å²) >= 11 is 0. The number of benzene rings is 1. The number of nitrogens with zero attached hydrogens (tertiary/aromatic N) is 2. The van der Waals surface area contributed by atoms with Gasteiger partial charge in [-0.15, -0.1) is 0 Å². The summed E-state index contributed by atoms with van der Waals surface area (Å²) in [7, 11) is 0. The number of rotatable bonds is 3. The Hall–Kier alpha value is -2.08. The molecule has 3 aliphatic heterocycles. The van der Waals surface area contributed by atoms with Crippen molar-refractivity contribution in [1.29, 1.82) is 0 Å². The molecule has 6 nitrogen and oxygen atoms in total. The lowest BCUT2D eigenvalue weighted by Gasteiger charge is -2.45. The van der Waals surface area contributed by atoms with Gasteiger partial charge in [0.15, 0.2) is 0 Å². The maximum atomic E-state index is 12.7. The highest BCUT2D eigenvalue weighted by Gasteiger charge is 2.44. The molecule has 4 rings (SSSR count). The number of amides is 2. The van der Waals surface area contributed by atoms with Gasteiger partial charge in [0.25, 0.3) is 0 Å². The molecular formula is C21H30N4O2. The molecule has 0 aliphatic carbocycles. The smallest absolute Gasteiger partial charge is 0.250 e. The summed E-state index contributed by atoms with van der Waals surface area (Å²) in [6.45, 7) is 7.89. The van der Waals surface area contributed by atoms with Crippen LogP contribution in [0.5, 0.6) is 0 Å². The topological polar surface area (TPSA) is 64.7 Å². The lowest BCUT2D eigenvalue weighted by Crippen LogP contribution is -2.59. The normalized spacial score (nSPS) is 25.3. The number of piperidine rings is 2. The molecule has 2 fully saturated rings. The standard InChI is InChI=1S/C21H30N4O2/c1-15(2)25-14-16(7-8-19(25)26)13-24-11-9-21(10-12-24)20(27)22-17-5-3-4-6-18(17)23-21/h3-6,15-16,23H,7-14H2,1-2H3,(H,22,27). The molecule has 146 valence electrons. The van der Waals surface area contributed by atoms with Crippen molar-refractivity contribution in [2.75, 3.05) is 36.8 Å². The van der Waals surface area contributed by atoms with Crippen molar-refractivity contribution in [1.82, 2.24) is 9.80 Å². The van der Waals surface area contributed by atoms with Crippen LogP contribution in [0.1, 0.15) is 39.5 Å². The van der Waals surface area contributed by atoms with Crippen molar-refractivity contribution >= 4 is 23.2 Å². The van der Waals surface area contributed by atoms with Gasteiger partial charge in [-0.25, -0.2) is 0 Å². The predicted octanol–water partition coefficient (Wildman–Crippen LogP) is 2.53. The van der Waals surface area contributed by atoms with E-state index in [-0.39, 0.29) is 11.9 Å². The first-order valence-corrected chi connectivity index (χ1v) is 10.2. The van der Waals surface area contributed by atoms with Crippen LogP contribution in [0.3, 0.4) is 0 Å². The van der Waals surface area contributed by atoms with E-state index in [2.05, 4.69) is 29.4 Å². The summed E-state index contributed by atoms with van der Waals surface area (Å²) < 4.78 is 0. The Morgan fingerprint density at radius 3 is 2.56 bits per heavy atom. The Kier molecular flexibility index (Phi) is 4.84. The number of hydrogen-bond donors (Lipinski definition) is 2. The van der Waals surface area contributed by atoms with Gasteiger partial charge in [-0.05, 0) is 51.2 Å². The molecule has 27 heavy (non-hydrogen) atoms. The summed E-state index contributed by atoms with van der Waals surface area (Å²) in [5, 5.41) is 6.60. The molecular weight excluding hydrogens is 340 g/mol. The molecule has 1 atom stereocenters. The summed E-state index contributed by atoms with van der Waals surface area (Å²) in [4.78, 5) is 29.3. The third-order valence-corrected chi connectivity index (χ3v) is 6.37. The average Bonchev–Trinajstić information content (AvgIpc) is 2.66. The number of likely N-dealkylation sites (tertiary alicyclic amines) is 2. The molecule has 0 radical (unpaired) electrons. The minimum atomic E-state index is -0.489. The minimum Gasteiger partial charge on any atom is -0.369 e. The van der Waals surface area contributed by atoms with Gasteiger partial charge in [0, 0.05) is 38.6 Å². The van der Waals surface area contributed by atoms with Crippen molar-refractivity contribution < 1.29 is 9.59 Å². The number of para-hydroxylation sites is 2. The van der Waals surface area contributed by atoms with E-state index >= 15 is 0 Å². The molecule has 1 unspecified atom stereocenters. The Balaban J connectivity index is 1.36. The maximum absolute atomic E-state index is 12.7. The number of nitrogens with one attached hydrogen (secondary N) is 2. The van der Waals surface area contributed by atoms with Crippen LogP contribution in [-0.2, 0) is 9.59 Å². The van der Waals surface area contributed by atoms with E-state index in [1.165, 1.54) is 0 Å². The first-order valence-electron chi connectivity index (χ1n) is 10.2. The molecule has 2 N–H and O–H groups in total. The summed E-state index contributed by atoms with van der Waals surface area (Å²) in [6.07, 6.45) is 3.27. The molecule has 6 heteroatoms. The molecule has 3 heterocycles. The Morgan fingerprint density at radius 2 is 1.85 bits per heavy atom. The third kappa shape index (κ3) is 3.55. The zero-order chi connectivity index (χ0) is 19.0. The van der Waals surface area contributed by atoms with Gasteiger partial charge in [0.1, 0.15) is 5.54 Å². The van der Waals surface area contributed by atoms with E-state index in [4.69, 9.17) is 0 Å². The van der Waals surface area contributed by atoms with Gasteiger partial charge in [0.05, 0.1) is 11.4 Å². The third-order valence-electron chi connectivity index (χ3n) is 6.37. The van der Waals surface area contributed by atoms with E-state index < -0.39 is 5.54 Å². The highest BCUT2D eigenvalue weighted by Crippen LogP contribution is 2.36. The number of carbonyl (C=O) groups is 2. The average molecular weight is 370 g/mol. The van der Waals surface area contributed by atoms with Gasteiger partial charge in [-0.2, -0.15) is 0 Å². The van der Waals surface area contributed by atoms with Crippen LogP contribution in [0.25, 0.3) is 0 Å². The SMILES string of the molecule is CC(C)N1CC(CN2CCC3(CC2)Nc2ccccc2NC3=O)CCC1=O. The fourth-order valence-electron chi connectivity index (χ4n) is 4.68. The maximum Gasteiger partial charge on any atom is 0.250 e. The van der Waals surface area contributed by atoms with Crippen molar-refractivity contribution in [3.05, 3.63) is 24.3 Å². The van der Waals surface area contributed by atoms with E-state index in [0.717, 1.165) is 56.8 Å². The molecule has 3 aliphatic rings. The van der Waals surface area contributed by atoms with Crippen LogP contribution in [0, 0.1) is 5.92 Å². The fraction of sp³-hybridized carbons (Fsp3) is 0.619. The Bertz CT molecular complexity index is 725. The largest absolute Gasteiger partial charge is 0.369 e. The van der Waals surface area contributed by atoms with Crippen LogP contribution in [0.15, 0.2) is 24.3 Å². The van der Waals surface area contributed by atoms with Crippen molar-refractivity contribution in [3.63, 3.8) is 0 Å². The highest BCUT2D eigenvalue weighted by molar-refractivity contribution is 6.06. The van der Waals surface area contributed by atoms with Crippen molar-refractivity contribution in [2.45, 2.75) is 51.1 Å². The Morgan fingerprint density at radius 1 is 1.15 bits per heavy atom. The number of carbonyl (C=O) groups excluding carboxylic acids is 2. The second-order valence-corrected chi connectivity index (χ2v) is 8.55. The zero-order valence-corrected chi connectivity index (χ0v) is 16.3. The molecule has 2 amide bonds. The second kappa shape index (κ2) is 7.15. The molecule has 1 spiro atoms. The van der Waals surface area contributed by atoms with Crippen LogP contribution in [0.2, 0.25) is 0 Å². The van der Waals surface area contributed by atoms with Crippen LogP contribution in [-0.4, -0.2) is 59.4 Å². The van der Waals surface area contributed by atoms with E-state index in [1.54, 1.807) is 0 Å². The Labute approximate surface area is 161 Å². The highest BCUT2D eigenvalue weighted by atomic mass is 16.2. The van der Waals surface area contributed by atoms with Crippen molar-refractivity contribution in [2.24, 2.45) is 5.92 Å². The zero-order valence-electron chi connectivity index (χ0n) is 16.3. The second-order valence-electron chi connectivity index (χ2n) is 8.55. The fourth-order valence-corrected chi connectivity index (χ4v) is 4.68. The first-order chi connectivity index (χ1) is 13.0. The molecule has 1 aromatic rings. The monoisotopic (exact) mass is 370 g/mol.